The van der Waals surface area contributed by atoms with E-state index in [1.54, 1.807) is 11.0 Å². The zero-order valence-electron chi connectivity index (χ0n) is 12.9. The quantitative estimate of drug-likeness (QED) is 0.627. The Morgan fingerprint density at radius 1 is 1.37 bits per heavy atom. The van der Waals surface area contributed by atoms with Gasteiger partial charge in [0.1, 0.15) is 0 Å². The number of aliphatic hydroxyl groups excluding tert-OH is 1. The SMILES string of the molecule is CCC(C)(C)C(/C=C/C(=O)N1CC[C@@H](O)C1)=C(C)C. The number of hydrogen-bond acceptors (Lipinski definition) is 2. The second-order valence-corrected chi connectivity index (χ2v) is 6.21. The van der Waals surface area contributed by atoms with Crippen LogP contribution in [0.25, 0.3) is 0 Å². The third-order valence-corrected chi connectivity index (χ3v) is 4.02. The molecule has 0 unspecified atom stereocenters. The Kier molecular flexibility index (Phi) is 5.36. The van der Waals surface area contributed by atoms with Gasteiger partial charge in [0.15, 0.2) is 0 Å². The third-order valence-electron chi connectivity index (χ3n) is 4.02. The number of allylic oxidation sites excluding steroid dienone is 3. The monoisotopic (exact) mass is 265 g/mol. The van der Waals surface area contributed by atoms with Crippen LogP contribution in [0, 0.1) is 5.41 Å². The Balaban J connectivity index is 2.78. The summed E-state index contributed by atoms with van der Waals surface area (Å²) in [6.45, 7) is 11.8. The van der Waals surface area contributed by atoms with E-state index in [2.05, 4.69) is 34.6 Å². The lowest BCUT2D eigenvalue weighted by Gasteiger charge is -2.26. The molecule has 0 aromatic rings. The zero-order valence-corrected chi connectivity index (χ0v) is 12.9. The minimum absolute atomic E-state index is 0.00204. The number of carbonyl (C=O) groups excluding carboxylic acids is 1. The van der Waals surface area contributed by atoms with Crippen molar-refractivity contribution in [1.29, 1.82) is 0 Å². The maximum atomic E-state index is 12.0. The molecule has 0 saturated carbocycles. The lowest BCUT2D eigenvalue weighted by Crippen LogP contribution is -2.28. The van der Waals surface area contributed by atoms with Gasteiger partial charge in [0.05, 0.1) is 6.10 Å². The molecule has 1 amide bonds. The minimum atomic E-state index is -0.354. The second-order valence-electron chi connectivity index (χ2n) is 6.21. The van der Waals surface area contributed by atoms with E-state index in [-0.39, 0.29) is 17.4 Å². The van der Waals surface area contributed by atoms with Crippen molar-refractivity contribution in [3.05, 3.63) is 23.3 Å². The summed E-state index contributed by atoms with van der Waals surface area (Å²) in [4.78, 5) is 13.7. The lowest BCUT2D eigenvalue weighted by atomic mass is 9.79. The van der Waals surface area contributed by atoms with Crippen LogP contribution in [0.5, 0.6) is 0 Å². The van der Waals surface area contributed by atoms with Crippen LogP contribution < -0.4 is 0 Å². The molecular weight excluding hydrogens is 238 g/mol. The van der Waals surface area contributed by atoms with Gasteiger partial charge < -0.3 is 10.0 Å². The van der Waals surface area contributed by atoms with E-state index >= 15 is 0 Å². The number of aliphatic hydroxyl groups is 1. The van der Waals surface area contributed by atoms with Crippen LogP contribution in [0.1, 0.15) is 47.5 Å². The predicted octanol–water partition coefficient (Wildman–Crippen LogP) is 2.91. The van der Waals surface area contributed by atoms with E-state index in [4.69, 9.17) is 0 Å². The van der Waals surface area contributed by atoms with Crippen LogP contribution in [0.3, 0.4) is 0 Å². The predicted molar refractivity (Wildman–Crippen MR) is 78.8 cm³/mol. The van der Waals surface area contributed by atoms with Crippen LogP contribution >= 0.6 is 0 Å². The van der Waals surface area contributed by atoms with Crippen molar-refractivity contribution in [2.75, 3.05) is 13.1 Å². The van der Waals surface area contributed by atoms with E-state index in [0.29, 0.717) is 19.5 Å². The second kappa shape index (κ2) is 6.38. The van der Waals surface area contributed by atoms with Crippen LogP contribution in [-0.4, -0.2) is 35.1 Å². The van der Waals surface area contributed by atoms with Gasteiger partial charge in [0.25, 0.3) is 0 Å². The Hall–Kier alpha value is -1.09. The third kappa shape index (κ3) is 4.20. The van der Waals surface area contributed by atoms with Crippen molar-refractivity contribution in [3.63, 3.8) is 0 Å². The van der Waals surface area contributed by atoms with E-state index in [1.165, 1.54) is 11.1 Å². The Morgan fingerprint density at radius 3 is 2.42 bits per heavy atom. The summed E-state index contributed by atoms with van der Waals surface area (Å²) >= 11 is 0. The molecule has 19 heavy (non-hydrogen) atoms. The molecule has 1 fully saturated rings. The van der Waals surface area contributed by atoms with Crippen molar-refractivity contribution in [1.82, 2.24) is 4.90 Å². The summed E-state index contributed by atoms with van der Waals surface area (Å²) in [6, 6.07) is 0. The molecule has 3 nitrogen and oxygen atoms in total. The molecule has 0 spiro atoms. The summed E-state index contributed by atoms with van der Waals surface area (Å²) in [7, 11) is 0. The Bertz CT molecular complexity index is 390. The van der Waals surface area contributed by atoms with Crippen molar-refractivity contribution >= 4 is 5.91 Å². The largest absolute Gasteiger partial charge is 0.391 e. The average molecular weight is 265 g/mol. The van der Waals surface area contributed by atoms with Crippen LogP contribution in [0.15, 0.2) is 23.3 Å². The van der Waals surface area contributed by atoms with Crippen LogP contribution in [-0.2, 0) is 4.79 Å². The maximum absolute atomic E-state index is 12.0. The molecular formula is C16H27NO2. The first kappa shape index (κ1) is 16.0. The molecule has 1 aliphatic rings. The molecule has 1 atom stereocenters. The summed E-state index contributed by atoms with van der Waals surface area (Å²) in [5.74, 6) is 0.00204. The van der Waals surface area contributed by atoms with Crippen LogP contribution in [0.2, 0.25) is 0 Å². The Labute approximate surface area is 117 Å². The topological polar surface area (TPSA) is 40.5 Å². The van der Waals surface area contributed by atoms with E-state index in [1.807, 2.05) is 6.08 Å². The number of carbonyl (C=O) groups is 1. The van der Waals surface area contributed by atoms with Gasteiger partial charge in [-0.15, -0.1) is 0 Å². The van der Waals surface area contributed by atoms with Gasteiger partial charge in [-0.05, 0) is 37.7 Å². The number of β-amino-alcohol motifs (C(OH)–C–C–N with tert-alkyl or cyclic N) is 1. The maximum Gasteiger partial charge on any atom is 0.246 e. The number of nitrogens with zero attached hydrogens (tertiary/aromatic N) is 1. The Morgan fingerprint density at radius 2 is 2.00 bits per heavy atom. The van der Waals surface area contributed by atoms with Gasteiger partial charge in [-0.2, -0.15) is 0 Å². The fraction of sp³-hybridized carbons (Fsp3) is 0.688. The molecule has 1 N–H and O–H groups in total. The number of amides is 1. The van der Waals surface area contributed by atoms with Gasteiger partial charge in [-0.25, -0.2) is 0 Å². The molecule has 0 aromatic carbocycles. The van der Waals surface area contributed by atoms with Gasteiger partial charge in [0.2, 0.25) is 5.91 Å². The fourth-order valence-electron chi connectivity index (χ4n) is 2.46. The first-order chi connectivity index (χ1) is 8.77. The molecule has 1 aliphatic heterocycles. The van der Waals surface area contributed by atoms with E-state index in [9.17, 15) is 9.90 Å². The smallest absolute Gasteiger partial charge is 0.246 e. The highest BCUT2D eigenvalue weighted by Crippen LogP contribution is 2.33. The van der Waals surface area contributed by atoms with Gasteiger partial charge >= 0.3 is 0 Å². The van der Waals surface area contributed by atoms with Gasteiger partial charge in [0, 0.05) is 19.2 Å². The highest BCUT2D eigenvalue weighted by Gasteiger charge is 2.24. The van der Waals surface area contributed by atoms with Gasteiger partial charge in [-0.3, -0.25) is 4.79 Å². The molecule has 3 heteroatoms. The molecule has 1 rings (SSSR count). The zero-order chi connectivity index (χ0) is 14.6. The van der Waals surface area contributed by atoms with Crippen LogP contribution in [0.4, 0.5) is 0 Å². The highest BCUT2D eigenvalue weighted by atomic mass is 16.3. The number of likely N-dealkylation sites (tertiary alicyclic amines) is 1. The first-order valence-electron chi connectivity index (χ1n) is 7.11. The lowest BCUT2D eigenvalue weighted by molar-refractivity contribution is -0.125. The molecule has 0 aromatic heterocycles. The minimum Gasteiger partial charge on any atom is -0.391 e. The molecule has 1 saturated heterocycles. The highest BCUT2D eigenvalue weighted by molar-refractivity contribution is 5.88. The molecule has 1 heterocycles. The first-order valence-corrected chi connectivity index (χ1v) is 7.11. The standard InChI is InChI=1S/C16H27NO2/c1-6-16(4,5)14(12(2)3)7-8-15(19)17-10-9-13(18)11-17/h7-8,13,18H,6,9-11H2,1-5H3/b8-7+/t13-/m1/s1. The normalized spacial score (nSPS) is 20.1. The van der Waals surface area contributed by atoms with Crippen molar-refractivity contribution < 1.29 is 9.90 Å². The van der Waals surface area contributed by atoms with Gasteiger partial charge in [-0.1, -0.05) is 32.4 Å². The molecule has 0 aliphatic carbocycles. The summed E-state index contributed by atoms with van der Waals surface area (Å²) < 4.78 is 0. The van der Waals surface area contributed by atoms with Crippen molar-refractivity contribution in [2.45, 2.75) is 53.6 Å². The molecule has 108 valence electrons. The average Bonchev–Trinajstić information content (AvgIpc) is 2.75. The molecule has 0 bridgehead atoms. The van der Waals surface area contributed by atoms with Crippen molar-refractivity contribution in [3.8, 4) is 0 Å². The van der Waals surface area contributed by atoms with E-state index < -0.39 is 0 Å². The van der Waals surface area contributed by atoms with E-state index in [0.717, 1.165) is 6.42 Å². The summed E-state index contributed by atoms with van der Waals surface area (Å²) in [5, 5.41) is 9.45. The summed E-state index contributed by atoms with van der Waals surface area (Å²) in [5.41, 5.74) is 2.56. The summed E-state index contributed by atoms with van der Waals surface area (Å²) in [6.07, 6.45) is 4.97. The molecule has 0 radical (unpaired) electrons. The van der Waals surface area contributed by atoms with Crippen molar-refractivity contribution in [2.24, 2.45) is 5.41 Å². The number of hydrogen-bond donors (Lipinski definition) is 1. The number of rotatable bonds is 4. The fourth-order valence-corrected chi connectivity index (χ4v) is 2.46.